The second kappa shape index (κ2) is 6.13. The molecule has 0 saturated heterocycles. The lowest BCUT2D eigenvalue weighted by molar-refractivity contribution is 0.200. The molecule has 3 aromatic rings. The minimum Gasteiger partial charge on any atom is -0.410 e. The lowest BCUT2D eigenvalue weighted by Gasteiger charge is -2.06. The first-order valence-corrected chi connectivity index (χ1v) is 6.88. The Morgan fingerprint density at radius 2 is 1.95 bits per heavy atom. The van der Waals surface area contributed by atoms with Gasteiger partial charge in [-0.25, -0.2) is 4.79 Å². The van der Waals surface area contributed by atoms with E-state index in [-0.39, 0.29) is 0 Å². The zero-order valence-corrected chi connectivity index (χ0v) is 11.5. The molecule has 0 fully saturated rings. The molecule has 1 aromatic heterocycles. The molecule has 0 saturated carbocycles. The molecule has 21 heavy (non-hydrogen) atoms. The first kappa shape index (κ1) is 13.2. The predicted molar refractivity (Wildman–Crippen MR) is 82.5 cm³/mol. The zero-order chi connectivity index (χ0) is 14.5. The van der Waals surface area contributed by atoms with Crippen molar-refractivity contribution < 1.29 is 9.53 Å². The van der Waals surface area contributed by atoms with E-state index in [0.717, 1.165) is 11.9 Å². The first-order valence-electron chi connectivity index (χ1n) is 6.88. The summed E-state index contributed by atoms with van der Waals surface area (Å²) in [5.41, 5.74) is 2.30. The second-order valence-electron chi connectivity index (χ2n) is 4.78. The summed E-state index contributed by atoms with van der Waals surface area (Å²) in [6, 6.07) is 17.3. The number of nitrogens with one attached hydrogen (secondary N) is 2. The van der Waals surface area contributed by atoms with Gasteiger partial charge in [0.05, 0.1) is 0 Å². The van der Waals surface area contributed by atoms with Crippen molar-refractivity contribution in [3.63, 3.8) is 0 Å². The molecule has 0 aliphatic rings. The Kier molecular flexibility index (Phi) is 3.87. The van der Waals surface area contributed by atoms with E-state index in [9.17, 15) is 4.79 Å². The number of hydrogen-bond acceptors (Lipinski definition) is 2. The van der Waals surface area contributed by atoms with Gasteiger partial charge in [-0.2, -0.15) is 0 Å². The van der Waals surface area contributed by atoms with Crippen LogP contribution in [0.4, 0.5) is 4.79 Å². The number of H-pyrrole nitrogens is 1. The molecule has 3 rings (SSSR count). The molecule has 0 unspecified atom stereocenters. The molecule has 0 aliphatic heterocycles. The lowest BCUT2D eigenvalue weighted by atomic mass is 10.1. The predicted octanol–water partition coefficient (Wildman–Crippen LogP) is 3.50. The molecule has 2 aromatic carbocycles. The third-order valence-corrected chi connectivity index (χ3v) is 3.25. The highest BCUT2D eigenvalue weighted by molar-refractivity contribution is 5.79. The summed E-state index contributed by atoms with van der Waals surface area (Å²) in [6.45, 7) is 0.543. The molecule has 1 amide bonds. The number of carbonyl (C=O) groups excluding carboxylic acids is 1. The molecule has 106 valence electrons. The Morgan fingerprint density at radius 1 is 1.10 bits per heavy atom. The monoisotopic (exact) mass is 280 g/mol. The van der Waals surface area contributed by atoms with E-state index in [1.54, 1.807) is 12.1 Å². The highest BCUT2D eigenvalue weighted by atomic mass is 16.5. The van der Waals surface area contributed by atoms with E-state index in [1.807, 2.05) is 36.5 Å². The third kappa shape index (κ3) is 3.42. The van der Waals surface area contributed by atoms with Gasteiger partial charge in [0.25, 0.3) is 0 Å². The fourth-order valence-corrected chi connectivity index (χ4v) is 2.20. The van der Waals surface area contributed by atoms with E-state index in [2.05, 4.69) is 22.4 Å². The smallest absolute Gasteiger partial charge is 0.410 e. The summed E-state index contributed by atoms with van der Waals surface area (Å²) in [6.07, 6.45) is 2.26. The van der Waals surface area contributed by atoms with Gasteiger partial charge >= 0.3 is 6.09 Å². The molecule has 2 N–H and O–H groups in total. The van der Waals surface area contributed by atoms with Crippen LogP contribution in [0, 0.1) is 0 Å². The molecule has 0 atom stereocenters. The van der Waals surface area contributed by atoms with Gasteiger partial charge in [-0.3, -0.25) is 0 Å². The van der Waals surface area contributed by atoms with Gasteiger partial charge in [0.1, 0.15) is 5.75 Å². The highest BCUT2D eigenvalue weighted by Gasteiger charge is 2.03. The van der Waals surface area contributed by atoms with Crippen molar-refractivity contribution in [2.75, 3.05) is 6.54 Å². The van der Waals surface area contributed by atoms with Crippen molar-refractivity contribution in [2.24, 2.45) is 0 Å². The standard InChI is InChI=1S/C17H16N2O2/c20-17(21-15-4-2-1-3-5-15)19-10-8-13-6-7-16-14(12-13)9-11-18-16/h1-7,9,11-12,18H,8,10H2,(H,19,20). The van der Waals surface area contributed by atoms with E-state index >= 15 is 0 Å². The third-order valence-electron chi connectivity index (χ3n) is 3.25. The van der Waals surface area contributed by atoms with Crippen LogP contribution in [0.1, 0.15) is 5.56 Å². The first-order chi connectivity index (χ1) is 10.3. The molecular formula is C17H16N2O2. The van der Waals surface area contributed by atoms with Crippen LogP contribution in [0.15, 0.2) is 60.8 Å². The van der Waals surface area contributed by atoms with Crippen LogP contribution < -0.4 is 10.1 Å². The Bertz CT molecular complexity index is 735. The quantitative estimate of drug-likeness (QED) is 0.768. The number of hydrogen-bond donors (Lipinski definition) is 2. The van der Waals surface area contributed by atoms with Crippen LogP contribution in [-0.4, -0.2) is 17.6 Å². The van der Waals surface area contributed by atoms with Gasteiger partial charge in [-0.05, 0) is 47.7 Å². The average molecular weight is 280 g/mol. The number of fused-ring (bicyclic) bond motifs is 1. The van der Waals surface area contributed by atoms with Crippen molar-refractivity contribution in [1.29, 1.82) is 0 Å². The zero-order valence-electron chi connectivity index (χ0n) is 11.5. The summed E-state index contributed by atoms with van der Waals surface area (Å²) in [5.74, 6) is 0.545. The molecule has 4 heteroatoms. The van der Waals surface area contributed by atoms with Gasteiger partial charge in [0.2, 0.25) is 0 Å². The van der Waals surface area contributed by atoms with Gasteiger partial charge in [0, 0.05) is 18.3 Å². The number of amides is 1. The van der Waals surface area contributed by atoms with Crippen LogP contribution in [-0.2, 0) is 6.42 Å². The molecular weight excluding hydrogens is 264 g/mol. The van der Waals surface area contributed by atoms with E-state index in [1.165, 1.54) is 10.9 Å². The molecule has 4 nitrogen and oxygen atoms in total. The van der Waals surface area contributed by atoms with Crippen molar-refractivity contribution in [3.8, 4) is 5.75 Å². The van der Waals surface area contributed by atoms with Crippen molar-refractivity contribution in [1.82, 2.24) is 10.3 Å². The summed E-state index contributed by atoms with van der Waals surface area (Å²) >= 11 is 0. The maximum absolute atomic E-state index is 11.6. The number of aromatic amines is 1. The van der Waals surface area contributed by atoms with Crippen LogP contribution in [0.25, 0.3) is 10.9 Å². The number of para-hydroxylation sites is 1. The fraction of sp³-hybridized carbons (Fsp3) is 0.118. The highest BCUT2D eigenvalue weighted by Crippen LogP contribution is 2.14. The minimum absolute atomic E-state index is 0.427. The Balaban J connectivity index is 1.50. The van der Waals surface area contributed by atoms with Crippen molar-refractivity contribution in [3.05, 3.63) is 66.4 Å². The van der Waals surface area contributed by atoms with E-state index in [0.29, 0.717) is 12.3 Å². The van der Waals surface area contributed by atoms with Crippen LogP contribution in [0.5, 0.6) is 5.75 Å². The van der Waals surface area contributed by atoms with Gasteiger partial charge < -0.3 is 15.0 Å². The van der Waals surface area contributed by atoms with E-state index in [4.69, 9.17) is 4.74 Å². The number of aromatic nitrogens is 1. The number of carbonyl (C=O) groups is 1. The largest absolute Gasteiger partial charge is 0.412 e. The maximum atomic E-state index is 11.6. The van der Waals surface area contributed by atoms with Gasteiger partial charge in [0.15, 0.2) is 0 Å². The Hall–Kier alpha value is -2.75. The number of benzene rings is 2. The summed E-state index contributed by atoms with van der Waals surface area (Å²) in [4.78, 5) is 14.8. The topological polar surface area (TPSA) is 54.1 Å². The maximum Gasteiger partial charge on any atom is 0.412 e. The van der Waals surface area contributed by atoms with Crippen LogP contribution >= 0.6 is 0 Å². The van der Waals surface area contributed by atoms with Crippen LogP contribution in [0.2, 0.25) is 0 Å². The van der Waals surface area contributed by atoms with Crippen molar-refractivity contribution >= 4 is 17.0 Å². The minimum atomic E-state index is -0.427. The van der Waals surface area contributed by atoms with Crippen molar-refractivity contribution in [2.45, 2.75) is 6.42 Å². The normalized spacial score (nSPS) is 10.5. The fourth-order valence-electron chi connectivity index (χ4n) is 2.20. The summed E-state index contributed by atoms with van der Waals surface area (Å²) in [7, 11) is 0. The Morgan fingerprint density at radius 3 is 2.81 bits per heavy atom. The molecule has 0 bridgehead atoms. The lowest BCUT2D eigenvalue weighted by Crippen LogP contribution is -2.28. The van der Waals surface area contributed by atoms with E-state index < -0.39 is 6.09 Å². The second-order valence-corrected chi connectivity index (χ2v) is 4.78. The SMILES string of the molecule is O=C(NCCc1ccc2[nH]ccc2c1)Oc1ccccc1. The molecule has 1 heterocycles. The van der Waals surface area contributed by atoms with Crippen LogP contribution in [0.3, 0.4) is 0 Å². The Labute approximate surface area is 122 Å². The number of ether oxygens (including phenoxy) is 1. The average Bonchev–Trinajstić information content (AvgIpc) is 2.96. The molecule has 0 radical (unpaired) electrons. The molecule has 0 spiro atoms. The summed E-state index contributed by atoms with van der Waals surface area (Å²) in [5, 5.41) is 3.93. The van der Waals surface area contributed by atoms with Gasteiger partial charge in [-0.15, -0.1) is 0 Å². The molecule has 0 aliphatic carbocycles. The number of rotatable bonds is 4. The summed E-state index contributed by atoms with van der Waals surface area (Å²) < 4.78 is 5.16. The van der Waals surface area contributed by atoms with Gasteiger partial charge in [-0.1, -0.05) is 24.3 Å².